The van der Waals surface area contributed by atoms with Crippen LogP contribution in [-0.4, -0.2) is 95.0 Å². The van der Waals surface area contributed by atoms with Gasteiger partial charge < -0.3 is 24.6 Å². The number of nitrogens with zero attached hydrogens (tertiary/aromatic N) is 4. The highest BCUT2D eigenvalue weighted by atomic mass is 16.6. The maximum atomic E-state index is 14.0. The lowest BCUT2D eigenvalue weighted by atomic mass is 9.81. The number of anilines is 1. The van der Waals surface area contributed by atoms with Crippen molar-refractivity contribution in [1.82, 2.24) is 19.6 Å². The number of aryl methyl sites for hydroxylation is 1. The van der Waals surface area contributed by atoms with E-state index in [0.29, 0.717) is 37.4 Å². The molecule has 46 heavy (non-hydrogen) atoms. The van der Waals surface area contributed by atoms with E-state index < -0.39 is 11.8 Å². The average Bonchev–Trinajstić information content (AvgIpc) is 3.22. The quantitative estimate of drug-likeness (QED) is 0.375. The smallest absolute Gasteiger partial charge is 0.411 e. The number of urea groups is 1. The Hall–Kier alpha value is -3.43. The molecule has 2 aromatic rings. The van der Waals surface area contributed by atoms with Crippen molar-refractivity contribution >= 4 is 24.1 Å². The summed E-state index contributed by atoms with van der Waals surface area (Å²) in [6.45, 7) is 11.8. The summed E-state index contributed by atoms with van der Waals surface area (Å²) < 4.78 is 5.96. The Morgan fingerprint density at radius 3 is 2.43 bits per heavy atom. The van der Waals surface area contributed by atoms with Gasteiger partial charge in [-0.2, -0.15) is 0 Å². The fourth-order valence-corrected chi connectivity index (χ4v) is 8.26. The Kier molecular flexibility index (Phi) is 9.71. The van der Waals surface area contributed by atoms with Crippen LogP contribution < -0.4 is 5.32 Å². The first-order valence-corrected chi connectivity index (χ1v) is 17.3. The van der Waals surface area contributed by atoms with Gasteiger partial charge in [-0.25, -0.2) is 9.59 Å². The second kappa shape index (κ2) is 13.7. The molecule has 9 heteroatoms. The number of carbonyl (C=O) groups excluding carboxylic acids is 3. The third-order valence-corrected chi connectivity index (χ3v) is 11.1. The molecular formula is C37H51N5O4. The number of benzene rings is 2. The minimum Gasteiger partial charge on any atom is -0.445 e. The number of ether oxygens (including phenoxy) is 1. The zero-order chi connectivity index (χ0) is 32.3. The molecule has 4 heterocycles. The molecule has 3 saturated heterocycles. The highest BCUT2D eigenvalue weighted by Crippen LogP contribution is 2.40. The van der Waals surface area contributed by atoms with Crippen LogP contribution in [0.2, 0.25) is 0 Å². The average molecular weight is 630 g/mol. The van der Waals surface area contributed by atoms with Gasteiger partial charge in [-0.3, -0.25) is 9.80 Å². The second-order valence-corrected chi connectivity index (χ2v) is 14.6. The number of nitrogens with one attached hydrogen (secondary N) is 1. The maximum absolute atomic E-state index is 14.0. The molecule has 4 aliphatic rings. The first-order chi connectivity index (χ1) is 22.2. The van der Waals surface area contributed by atoms with E-state index in [4.69, 9.17) is 4.74 Å². The molecule has 3 amide bonds. The molecule has 0 saturated carbocycles. The van der Waals surface area contributed by atoms with Crippen molar-refractivity contribution in [2.24, 2.45) is 5.41 Å². The van der Waals surface area contributed by atoms with E-state index in [0.717, 1.165) is 74.1 Å². The molecule has 1 N–H and O–H groups in total. The summed E-state index contributed by atoms with van der Waals surface area (Å²) in [6, 6.07) is 16.2. The lowest BCUT2D eigenvalue weighted by Gasteiger charge is -2.57. The number of hydrogen-bond donors (Lipinski definition) is 1. The highest BCUT2D eigenvalue weighted by Gasteiger charge is 2.52. The van der Waals surface area contributed by atoms with E-state index >= 15 is 0 Å². The highest BCUT2D eigenvalue weighted by molar-refractivity contribution is 5.91. The van der Waals surface area contributed by atoms with Crippen LogP contribution in [0.5, 0.6) is 0 Å². The lowest BCUT2D eigenvalue weighted by Crippen LogP contribution is -2.70. The Balaban J connectivity index is 1.23. The molecule has 4 aliphatic heterocycles. The number of para-hydroxylation sites is 1. The zero-order valence-electron chi connectivity index (χ0n) is 27.9. The van der Waals surface area contributed by atoms with Gasteiger partial charge in [0.15, 0.2) is 0 Å². The standard InChI is InChI=1S/C37H51N5O4/c1-28-7-6-8-29(25-28)27-46-35(45)42-21-14-32(41-20-11-30-9-4-5-10-33(30)38-34(41)44)26-37(42,17-24-43)40-18-12-31(13-19-40)39-22-15-36(2,3)16-23-39/h4-10,24-25,31-32H,11-23,26-27H2,1-3H3,(H,38,44)/t32-,37+/m1/s1. The monoisotopic (exact) mass is 629 g/mol. The summed E-state index contributed by atoms with van der Waals surface area (Å²) in [7, 11) is 0. The Bertz CT molecular complexity index is 1400. The lowest BCUT2D eigenvalue weighted by molar-refractivity contribution is -0.128. The molecular weight excluding hydrogens is 578 g/mol. The van der Waals surface area contributed by atoms with Crippen molar-refractivity contribution < 1.29 is 19.1 Å². The van der Waals surface area contributed by atoms with Crippen molar-refractivity contribution in [3.05, 3.63) is 65.2 Å². The Morgan fingerprint density at radius 1 is 0.957 bits per heavy atom. The molecule has 0 aliphatic carbocycles. The molecule has 2 aromatic carbocycles. The van der Waals surface area contributed by atoms with Gasteiger partial charge in [-0.05, 0) is 81.1 Å². The molecule has 0 aromatic heterocycles. The van der Waals surface area contributed by atoms with Gasteiger partial charge in [-0.15, -0.1) is 0 Å². The van der Waals surface area contributed by atoms with E-state index in [9.17, 15) is 14.4 Å². The first-order valence-electron chi connectivity index (χ1n) is 17.3. The number of amides is 3. The van der Waals surface area contributed by atoms with Crippen molar-refractivity contribution in [2.75, 3.05) is 44.6 Å². The predicted molar refractivity (Wildman–Crippen MR) is 180 cm³/mol. The largest absolute Gasteiger partial charge is 0.445 e. The van der Waals surface area contributed by atoms with E-state index in [1.807, 2.05) is 59.2 Å². The van der Waals surface area contributed by atoms with E-state index in [1.165, 1.54) is 12.8 Å². The van der Waals surface area contributed by atoms with Crippen LogP contribution in [0.3, 0.4) is 0 Å². The molecule has 0 spiro atoms. The third-order valence-electron chi connectivity index (χ3n) is 11.1. The maximum Gasteiger partial charge on any atom is 0.411 e. The number of hydrogen-bond acceptors (Lipinski definition) is 6. The van der Waals surface area contributed by atoms with Crippen LogP contribution in [0.15, 0.2) is 48.5 Å². The molecule has 6 rings (SSSR count). The van der Waals surface area contributed by atoms with Crippen LogP contribution >= 0.6 is 0 Å². The van der Waals surface area contributed by atoms with Crippen LogP contribution in [0.25, 0.3) is 0 Å². The minimum absolute atomic E-state index is 0.114. The van der Waals surface area contributed by atoms with Gasteiger partial charge in [0.05, 0.1) is 0 Å². The molecule has 248 valence electrons. The van der Waals surface area contributed by atoms with Crippen molar-refractivity contribution in [2.45, 2.75) is 96.5 Å². The van der Waals surface area contributed by atoms with Crippen molar-refractivity contribution in [3.63, 3.8) is 0 Å². The Morgan fingerprint density at radius 2 is 1.70 bits per heavy atom. The number of likely N-dealkylation sites (tertiary alicyclic amines) is 3. The van der Waals surface area contributed by atoms with E-state index in [1.54, 1.807) is 0 Å². The van der Waals surface area contributed by atoms with Gasteiger partial charge in [-0.1, -0.05) is 61.9 Å². The number of carbonyl (C=O) groups is 3. The summed E-state index contributed by atoms with van der Waals surface area (Å²) >= 11 is 0. The Labute approximate surface area is 274 Å². The normalized spacial score (nSPS) is 26.2. The van der Waals surface area contributed by atoms with Crippen LogP contribution in [0.1, 0.15) is 75.5 Å². The van der Waals surface area contributed by atoms with Gasteiger partial charge >= 0.3 is 12.1 Å². The third kappa shape index (κ3) is 6.95. The van der Waals surface area contributed by atoms with Crippen LogP contribution in [-0.2, 0) is 22.6 Å². The minimum atomic E-state index is -0.858. The summed E-state index contributed by atoms with van der Waals surface area (Å²) in [6.07, 6.45) is 7.07. The molecule has 0 unspecified atom stereocenters. The van der Waals surface area contributed by atoms with Crippen molar-refractivity contribution in [1.29, 1.82) is 0 Å². The van der Waals surface area contributed by atoms with Crippen LogP contribution in [0.4, 0.5) is 15.3 Å². The molecule has 0 bridgehead atoms. The summed E-state index contributed by atoms with van der Waals surface area (Å²) in [5.41, 5.74) is 3.58. The SMILES string of the molecule is Cc1cccc(COC(=O)N2CC[C@@H](N3CCc4ccccc4NC3=O)C[C@@]2(CC=O)N2CCC(N3CCC(C)(C)CC3)CC2)c1. The number of aldehydes is 1. The van der Waals surface area contributed by atoms with E-state index in [2.05, 4.69) is 35.0 Å². The van der Waals surface area contributed by atoms with Gasteiger partial charge in [0.25, 0.3) is 0 Å². The fraction of sp³-hybridized carbons (Fsp3) is 0.595. The topological polar surface area (TPSA) is 85.4 Å². The van der Waals surface area contributed by atoms with Gasteiger partial charge in [0.2, 0.25) is 0 Å². The van der Waals surface area contributed by atoms with E-state index in [-0.39, 0.29) is 25.1 Å². The predicted octanol–water partition coefficient (Wildman–Crippen LogP) is 6.06. The number of piperidine rings is 3. The first kappa shape index (κ1) is 32.5. The fourth-order valence-electron chi connectivity index (χ4n) is 8.26. The second-order valence-electron chi connectivity index (χ2n) is 14.6. The molecule has 0 radical (unpaired) electrons. The van der Waals surface area contributed by atoms with Crippen LogP contribution in [0, 0.1) is 12.3 Å². The van der Waals surface area contributed by atoms with Gasteiger partial charge in [0.1, 0.15) is 18.6 Å². The summed E-state index contributed by atoms with van der Waals surface area (Å²) in [5.74, 6) is 0. The number of fused-ring (bicyclic) bond motifs is 1. The molecule has 3 fully saturated rings. The summed E-state index contributed by atoms with van der Waals surface area (Å²) in [4.78, 5) is 48.9. The molecule has 2 atom stereocenters. The summed E-state index contributed by atoms with van der Waals surface area (Å²) in [5, 5.41) is 3.13. The zero-order valence-corrected chi connectivity index (χ0v) is 27.9. The van der Waals surface area contributed by atoms with Crippen molar-refractivity contribution in [3.8, 4) is 0 Å². The molecule has 9 nitrogen and oxygen atoms in total. The van der Waals surface area contributed by atoms with Gasteiger partial charge in [0, 0.05) is 56.8 Å². The number of rotatable bonds is 7.